The Morgan fingerprint density at radius 3 is 2.79 bits per heavy atom. The number of rotatable bonds is 10. The molecule has 4 N–H and O–H groups in total. The Balaban J connectivity index is 1.10. The van der Waals surface area contributed by atoms with Gasteiger partial charge in [0.25, 0.3) is 5.91 Å². The molecule has 1 aliphatic carbocycles. The standard InChI is InChI=1S/C30H35N9O3/c1-19-17-32-30(33-19)35-29(41)20-7-11-23(12-8-20)42-24-13-14-31-27-26(24)28(37-36-27)34-21-5-3-16-39(18-21)25(40)6-4-15-38(2)22-9-10-22/h4,6-8,11-14,17,21-22H,3,5,9-10,15-16,18H2,1-2H3,(H2,31,34,36,37)(H2,32,33,35,41)/t21-/m1/s1. The van der Waals surface area contributed by atoms with Gasteiger partial charge in [-0.15, -0.1) is 0 Å². The highest BCUT2D eigenvalue weighted by molar-refractivity contribution is 6.03. The monoisotopic (exact) mass is 569 g/mol. The summed E-state index contributed by atoms with van der Waals surface area (Å²) in [6.45, 7) is 3.97. The molecule has 1 aliphatic heterocycles. The largest absolute Gasteiger partial charge is 0.456 e. The van der Waals surface area contributed by atoms with Gasteiger partial charge in [0.15, 0.2) is 11.5 Å². The Kier molecular flexibility index (Phi) is 7.87. The first-order valence-electron chi connectivity index (χ1n) is 14.3. The number of piperidine rings is 1. The van der Waals surface area contributed by atoms with Crippen LogP contribution in [0.2, 0.25) is 0 Å². The molecule has 12 nitrogen and oxygen atoms in total. The van der Waals surface area contributed by atoms with Crippen molar-refractivity contribution in [3.05, 3.63) is 66.1 Å². The molecular formula is C30H35N9O3. The highest BCUT2D eigenvalue weighted by Gasteiger charge is 2.26. The van der Waals surface area contributed by atoms with Gasteiger partial charge in [0, 0.05) is 61.8 Å². The third kappa shape index (κ3) is 6.44. The number of ether oxygens (including phenoxy) is 1. The number of nitrogens with one attached hydrogen (secondary N) is 4. The smallest absolute Gasteiger partial charge is 0.257 e. The summed E-state index contributed by atoms with van der Waals surface area (Å²) < 4.78 is 6.21. The Hall–Kier alpha value is -4.71. The summed E-state index contributed by atoms with van der Waals surface area (Å²) in [4.78, 5) is 41.1. The molecule has 12 heteroatoms. The number of fused-ring (bicyclic) bond motifs is 1. The van der Waals surface area contributed by atoms with Crippen molar-refractivity contribution in [1.29, 1.82) is 0 Å². The van der Waals surface area contributed by atoms with Gasteiger partial charge in [-0.05, 0) is 63.9 Å². The Bertz CT molecular complexity index is 1590. The van der Waals surface area contributed by atoms with Crippen LogP contribution in [-0.4, -0.2) is 85.5 Å². The van der Waals surface area contributed by atoms with Gasteiger partial charge < -0.3 is 19.9 Å². The van der Waals surface area contributed by atoms with E-state index in [9.17, 15) is 9.59 Å². The highest BCUT2D eigenvalue weighted by Crippen LogP contribution is 2.33. The minimum Gasteiger partial charge on any atom is -0.456 e. The summed E-state index contributed by atoms with van der Waals surface area (Å²) in [5, 5.41) is 14.4. The van der Waals surface area contributed by atoms with Gasteiger partial charge in [-0.1, -0.05) is 6.08 Å². The zero-order chi connectivity index (χ0) is 29.1. The van der Waals surface area contributed by atoms with Crippen molar-refractivity contribution >= 4 is 34.6 Å². The molecule has 4 heterocycles. The summed E-state index contributed by atoms with van der Waals surface area (Å²) >= 11 is 0. The second kappa shape index (κ2) is 12.0. The van der Waals surface area contributed by atoms with Gasteiger partial charge in [0.2, 0.25) is 11.9 Å². The number of amides is 2. The number of anilines is 2. The van der Waals surface area contributed by atoms with Crippen LogP contribution < -0.4 is 15.4 Å². The summed E-state index contributed by atoms with van der Waals surface area (Å²) in [5.74, 6) is 1.93. The van der Waals surface area contributed by atoms with E-state index in [1.807, 2.05) is 17.9 Å². The van der Waals surface area contributed by atoms with Crippen LogP contribution in [0.4, 0.5) is 11.8 Å². The molecule has 218 valence electrons. The molecule has 4 aromatic rings. The van der Waals surface area contributed by atoms with Crippen LogP contribution >= 0.6 is 0 Å². The van der Waals surface area contributed by atoms with E-state index >= 15 is 0 Å². The van der Waals surface area contributed by atoms with Crippen LogP contribution in [0.5, 0.6) is 11.5 Å². The van der Waals surface area contributed by atoms with E-state index in [-0.39, 0.29) is 17.9 Å². The quantitative estimate of drug-likeness (QED) is 0.209. The normalized spacial score (nSPS) is 17.2. The van der Waals surface area contributed by atoms with Gasteiger partial charge in [-0.2, -0.15) is 5.10 Å². The number of hydrogen-bond acceptors (Lipinski definition) is 8. The lowest BCUT2D eigenvalue weighted by molar-refractivity contribution is -0.127. The molecule has 2 amide bonds. The van der Waals surface area contributed by atoms with E-state index < -0.39 is 0 Å². The van der Waals surface area contributed by atoms with Crippen LogP contribution in [-0.2, 0) is 4.79 Å². The second-order valence-corrected chi connectivity index (χ2v) is 10.9. The van der Waals surface area contributed by atoms with E-state index in [0.717, 1.165) is 37.0 Å². The molecule has 3 aromatic heterocycles. The van der Waals surface area contributed by atoms with Crippen molar-refractivity contribution < 1.29 is 14.3 Å². The lowest BCUT2D eigenvalue weighted by Crippen LogP contribution is -2.44. The molecule has 2 fully saturated rings. The molecule has 0 radical (unpaired) electrons. The van der Waals surface area contributed by atoms with Crippen molar-refractivity contribution in [2.45, 2.75) is 44.7 Å². The average Bonchev–Trinajstić information content (AvgIpc) is 3.66. The number of likely N-dealkylation sites (N-methyl/N-ethyl adjacent to an activating group) is 1. The highest BCUT2D eigenvalue weighted by atomic mass is 16.5. The zero-order valence-corrected chi connectivity index (χ0v) is 23.8. The van der Waals surface area contributed by atoms with Crippen molar-refractivity contribution in [1.82, 2.24) is 34.9 Å². The third-order valence-electron chi connectivity index (χ3n) is 7.60. The molecule has 0 bridgehead atoms. The van der Waals surface area contributed by atoms with Crippen LogP contribution in [0.15, 0.2) is 54.9 Å². The van der Waals surface area contributed by atoms with Gasteiger partial charge in [0.05, 0.1) is 5.69 Å². The lowest BCUT2D eigenvalue weighted by atomic mass is 10.1. The number of aromatic nitrogens is 5. The molecule has 1 saturated carbocycles. The van der Waals surface area contributed by atoms with E-state index in [0.29, 0.717) is 47.1 Å². The number of H-pyrrole nitrogens is 2. The minimum absolute atomic E-state index is 0.0414. The van der Waals surface area contributed by atoms with E-state index in [2.05, 4.69) is 47.7 Å². The van der Waals surface area contributed by atoms with Crippen LogP contribution in [0.1, 0.15) is 41.7 Å². The SMILES string of the molecule is Cc1c[nH]c(NC(=O)c2ccc(Oc3ccnc4[nH]nc(N[C@@H]5CCCN(C(=O)C=CCN(C)C6CC6)C5)c34)cc2)n1. The Morgan fingerprint density at radius 2 is 2.02 bits per heavy atom. The number of carbonyl (C=O) groups excluding carboxylic acids is 2. The van der Waals surface area contributed by atoms with Crippen molar-refractivity contribution in [3.8, 4) is 11.5 Å². The lowest BCUT2D eigenvalue weighted by Gasteiger charge is -2.32. The van der Waals surface area contributed by atoms with Crippen LogP contribution in [0.3, 0.4) is 0 Å². The number of aryl methyl sites for hydroxylation is 1. The Morgan fingerprint density at radius 1 is 1.19 bits per heavy atom. The van der Waals surface area contributed by atoms with Gasteiger partial charge in [0.1, 0.15) is 16.9 Å². The maximum absolute atomic E-state index is 12.9. The first kappa shape index (κ1) is 27.5. The van der Waals surface area contributed by atoms with Crippen molar-refractivity contribution in [2.75, 3.05) is 37.3 Å². The topological polar surface area (TPSA) is 144 Å². The average molecular weight is 570 g/mol. The van der Waals surface area contributed by atoms with Crippen LogP contribution in [0.25, 0.3) is 11.0 Å². The molecule has 6 rings (SSSR count). The third-order valence-corrected chi connectivity index (χ3v) is 7.60. The summed E-state index contributed by atoms with van der Waals surface area (Å²) in [6, 6.07) is 9.36. The molecule has 42 heavy (non-hydrogen) atoms. The number of imidazole rings is 1. The van der Waals surface area contributed by atoms with Crippen LogP contribution in [0, 0.1) is 6.92 Å². The Labute approximate surface area is 243 Å². The fourth-order valence-corrected chi connectivity index (χ4v) is 5.15. The summed E-state index contributed by atoms with van der Waals surface area (Å²) in [7, 11) is 2.10. The number of likely N-dealkylation sites (tertiary alicyclic amines) is 1. The summed E-state index contributed by atoms with van der Waals surface area (Å²) in [6.07, 6.45) is 11.4. The maximum atomic E-state index is 12.9. The molecular weight excluding hydrogens is 534 g/mol. The molecule has 1 aromatic carbocycles. The van der Waals surface area contributed by atoms with E-state index in [1.54, 1.807) is 48.8 Å². The predicted octanol–water partition coefficient (Wildman–Crippen LogP) is 4.09. The molecule has 0 spiro atoms. The first-order chi connectivity index (χ1) is 20.4. The number of hydrogen-bond donors (Lipinski definition) is 4. The zero-order valence-electron chi connectivity index (χ0n) is 23.8. The number of pyridine rings is 1. The maximum Gasteiger partial charge on any atom is 0.257 e. The van der Waals surface area contributed by atoms with Gasteiger partial charge in [-0.3, -0.25) is 24.9 Å². The fraction of sp³-hybridized carbons (Fsp3) is 0.367. The molecule has 1 atom stereocenters. The number of benzene rings is 1. The first-order valence-corrected chi connectivity index (χ1v) is 14.3. The number of carbonyl (C=O) groups is 2. The van der Waals surface area contributed by atoms with Crippen molar-refractivity contribution in [3.63, 3.8) is 0 Å². The number of nitrogens with zero attached hydrogens (tertiary/aromatic N) is 5. The fourth-order valence-electron chi connectivity index (χ4n) is 5.15. The predicted molar refractivity (Wildman–Crippen MR) is 160 cm³/mol. The van der Waals surface area contributed by atoms with E-state index in [4.69, 9.17) is 4.74 Å². The summed E-state index contributed by atoms with van der Waals surface area (Å²) in [5.41, 5.74) is 1.86. The molecule has 1 saturated heterocycles. The second-order valence-electron chi connectivity index (χ2n) is 10.9. The molecule has 0 unspecified atom stereocenters. The van der Waals surface area contributed by atoms with Gasteiger partial charge in [-0.25, -0.2) is 9.97 Å². The molecule has 2 aliphatic rings. The van der Waals surface area contributed by atoms with E-state index in [1.165, 1.54) is 12.8 Å². The number of aromatic amines is 2. The van der Waals surface area contributed by atoms with Gasteiger partial charge >= 0.3 is 0 Å². The van der Waals surface area contributed by atoms with Crippen molar-refractivity contribution in [2.24, 2.45) is 0 Å². The minimum atomic E-state index is -0.274.